The maximum absolute atomic E-state index is 13.1. The van der Waals surface area contributed by atoms with Gasteiger partial charge in [0, 0.05) is 5.69 Å². The van der Waals surface area contributed by atoms with Crippen LogP contribution in [0.5, 0.6) is 0 Å². The van der Waals surface area contributed by atoms with Crippen LogP contribution in [-0.2, 0) is 9.53 Å². The summed E-state index contributed by atoms with van der Waals surface area (Å²) >= 11 is 0. The SMILES string of the molecule is CCOC(=O)c1ccc(N2C(=O)[C@@H](c3ccccc3)[C@H]2c2ccccc2)cc1. The highest BCUT2D eigenvalue weighted by atomic mass is 16.5. The maximum Gasteiger partial charge on any atom is 0.338 e. The highest BCUT2D eigenvalue weighted by Crippen LogP contribution is 2.48. The molecule has 0 unspecified atom stereocenters. The largest absolute Gasteiger partial charge is 0.462 e. The van der Waals surface area contributed by atoms with Crippen LogP contribution in [0.25, 0.3) is 0 Å². The molecule has 2 atom stereocenters. The first kappa shape index (κ1) is 18.0. The molecule has 4 rings (SSSR count). The van der Waals surface area contributed by atoms with Gasteiger partial charge in [-0.05, 0) is 42.3 Å². The van der Waals surface area contributed by atoms with Gasteiger partial charge in [0.25, 0.3) is 0 Å². The van der Waals surface area contributed by atoms with Crippen LogP contribution in [0.4, 0.5) is 5.69 Å². The molecule has 1 fully saturated rings. The zero-order valence-electron chi connectivity index (χ0n) is 15.6. The molecule has 3 aromatic rings. The highest BCUT2D eigenvalue weighted by molar-refractivity contribution is 6.07. The molecule has 0 radical (unpaired) electrons. The first-order valence-electron chi connectivity index (χ1n) is 9.41. The van der Waals surface area contributed by atoms with Gasteiger partial charge in [-0.3, -0.25) is 4.79 Å². The van der Waals surface area contributed by atoms with Gasteiger partial charge in [-0.2, -0.15) is 0 Å². The molecule has 1 saturated heterocycles. The summed E-state index contributed by atoms with van der Waals surface area (Å²) in [6.45, 7) is 2.11. The molecule has 0 spiro atoms. The highest BCUT2D eigenvalue weighted by Gasteiger charge is 2.49. The van der Waals surface area contributed by atoms with Crippen LogP contribution in [0.1, 0.15) is 40.4 Å². The smallest absolute Gasteiger partial charge is 0.338 e. The molecular formula is C24H21NO3. The third-order valence-electron chi connectivity index (χ3n) is 5.05. The number of rotatable bonds is 5. The Morgan fingerprint density at radius 2 is 1.43 bits per heavy atom. The third kappa shape index (κ3) is 3.18. The van der Waals surface area contributed by atoms with Crippen LogP contribution in [0.15, 0.2) is 84.9 Å². The molecule has 1 amide bonds. The molecule has 3 aromatic carbocycles. The van der Waals surface area contributed by atoms with E-state index in [4.69, 9.17) is 4.74 Å². The fourth-order valence-corrected chi connectivity index (χ4v) is 3.73. The molecule has 1 heterocycles. The Balaban J connectivity index is 1.68. The third-order valence-corrected chi connectivity index (χ3v) is 5.05. The van der Waals surface area contributed by atoms with E-state index in [0.717, 1.165) is 16.8 Å². The van der Waals surface area contributed by atoms with Crippen molar-refractivity contribution in [3.05, 3.63) is 102 Å². The van der Waals surface area contributed by atoms with Crippen LogP contribution in [-0.4, -0.2) is 18.5 Å². The zero-order chi connectivity index (χ0) is 19.5. The van der Waals surface area contributed by atoms with E-state index in [1.165, 1.54) is 0 Å². The van der Waals surface area contributed by atoms with Gasteiger partial charge in [0.15, 0.2) is 0 Å². The van der Waals surface area contributed by atoms with Gasteiger partial charge >= 0.3 is 5.97 Å². The van der Waals surface area contributed by atoms with E-state index < -0.39 is 0 Å². The maximum atomic E-state index is 13.1. The van der Waals surface area contributed by atoms with E-state index in [-0.39, 0.29) is 23.8 Å². The molecule has 1 aliphatic rings. The van der Waals surface area contributed by atoms with Crippen molar-refractivity contribution in [3.63, 3.8) is 0 Å². The quantitative estimate of drug-likeness (QED) is 0.481. The number of hydrogen-bond donors (Lipinski definition) is 0. The topological polar surface area (TPSA) is 46.6 Å². The van der Waals surface area contributed by atoms with Crippen molar-refractivity contribution in [2.75, 3.05) is 11.5 Å². The molecule has 0 saturated carbocycles. The minimum Gasteiger partial charge on any atom is -0.462 e. The number of anilines is 1. The Hall–Kier alpha value is -3.40. The first-order valence-corrected chi connectivity index (χ1v) is 9.41. The summed E-state index contributed by atoms with van der Waals surface area (Å²) < 4.78 is 5.04. The Morgan fingerprint density at radius 3 is 2.00 bits per heavy atom. The van der Waals surface area contributed by atoms with E-state index in [2.05, 4.69) is 0 Å². The van der Waals surface area contributed by atoms with Crippen LogP contribution in [0, 0.1) is 0 Å². The van der Waals surface area contributed by atoms with Crippen LogP contribution in [0.3, 0.4) is 0 Å². The molecule has 0 N–H and O–H groups in total. The van der Waals surface area contributed by atoms with Gasteiger partial charge in [0.2, 0.25) is 5.91 Å². The zero-order valence-corrected chi connectivity index (χ0v) is 15.6. The standard InChI is InChI=1S/C24H21NO3/c1-2-28-24(27)19-13-15-20(16-14-19)25-22(18-11-7-4-8-12-18)21(23(25)26)17-9-5-3-6-10-17/h3-16,21-22H,2H2,1H3/t21-,22+/m0/s1. The summed E-state index contributed by atoms with van der Waals surface area (Å²) in [4.78, 5) is 26.8. The minimum absolute atomic E-state index is 0.0592. The van der Waals surface area contributed by atoms with E-state index in [0.29, 0.717) is 12.2 Å². The molecule has 140 valence electrons. The number of ether oxygens (including phenoxy) is 1. The molecule has 1 aliphatic heterocycles. The molecule has 0 bridgehead atoms. The lowest BCUT2D eigenvalue weighted by atomic mass is 9.77. The van der Waals surface area contributed by atoms with Crippen molar-refractivity contribution < 1.29 is 14.3 Å². The average Bonchev–Trinajstić information content (AvgIpc) is 2.74. The Labute approximate surface area is 164 Å². The van der Waals surface area contributed by atoms with E-state index >= 15 is 0 Å². The lowest BCUT2D eigenvalue weighted by Gasteiger charge is -2.47. The summed E-state index contributed by atoms with van der Waals surface area (Å²) in [5.74, 6) is -0.511. The summed E-state index contributed by atoms with van der Waals surface area (Å²) in [5, 5.41) is 0. The molecule has 4 nitrogen and oxygen atoms in total. The number of carbonyl (C=O) groups is 2. The van der Waals surface area contributed by atoms with Crippen molar-refractivity contribution in [3.8, 4) is 0 Å². The number of nitrogens with zero attached hydrogens (tertiary/aromatic N) is 1. The van der Waals surface area contributed by atoms with Gasteiger partial charge in [-0.25, -0.2) is 4.79 Å². The number of β-lactam (4-membered cyclic amide) rings is 1. The molecule has 28 heavy (non-hydrogen) atoms. The number of hydrogen-bond acceptors (Lipinski definition) is 3. The molecular weight excluding hydrogens is 350 g/mol. The Morgan fingerprint density at radius 1 is 0.857 bits per heavy atom. The van der Waals surface area contributed by atoms with Crippen molar-refractivity contribution in [2.24, 2.45) is 0 Å². The van der Waals surface area contributed by atoms with E-state index in [1.54, 1.807) is 31.2 Å². The number of amides is 1. The van der Waals surface area contributed by atoms with E-state index in [9.17, 15) is 9.59 Å². The predicted molar refractivity (Wildman–Crippen MR) is 108 cm³/mol. The molecule has 0 aliphatic carbocycles. The second kappa shape index (κ2) is 7.69. The number of esters is 1. The lowest BCUT2D eigenvalue weighted by molar-refractivity contribution is -0.126. The lowest BCUT2D eigenvalue weighted by Crippen LogP contribution is -2.53. The summed E-state index contributed by atoms with van der Waals surface area (Å²) in [6.07, 6.45) is 0. The first-order chi connectivity index (χ1) is 13.7. The predicted octanol–water partition coefficient (Wildman–Crippen LogP) is 4.74. The van der Waals surface area contributed by atoms with Crippen molar-refractivity contribution in [2.45, 2.75) is 18.9 Å². The van der Waals surface area contributed by atoms with Crippen LogP contribution >= 0.6 is 0 Å². The minimum atomic E-state index is -0.356. The van der Waals surface area contributed by atoms with Crippen molar-refractivity contribution in [1.82, 2.24) is 0 Å². The van der Waals surface area contributed by atoms with Gasteiger partial charge < -0.3 is 9.64 Å². The van der Waals surface area contributed by atoms with Gasteiger partial charge in [0.1, 0.15) is 0 Å². The fourth-order valence-electron chi connectivity index (χ4n) is 3.73. The number of benzene rings is 3. The van der Waals surface area contributed by atoms with Crippen LogP contribution < -0.4 is 4.90 Å². The average molecular weight is 371 g/mol. The van der Waals surface area contributed by atoms with Crippen molar-refractivity contribution in [1.29, 1.82) is 0 Å². The molecule has 4 heteroatoms. The van der Waals surface area contributed by atoms with E-state index in [1.807, 2.05) is 65.6 Å². The monoisotopic (exact) mass is 371 g/mol. The van der Waals surface area contributed by atoms with Gasteiger partial charge in [0.05, 0.1) is 24.1 Å². The Bertz CT molecular complexity index is 968. The van der Waals surface area contributed by atoms with Crippen LogP contribution in [0.2, 0.25) is 0 Å². The summed E-state index contributed by atoms with van der Waals surface area (Å²) in [7, 11) is 0. The summed E-state index contributed by atoms with van der Waals surface area (Å²) in [5.41, 5.74) is 3.36. The van der Waals surface area contributed by atoms with Gasteiger partial charge in [-0.1, -0.05) is 60.7 Å². The normalized spacial score (nSPS) is 18.5. The fraction of sp³-hybridized carbons (Fsp3) is 0.167. The van der Waals surface area contributed by atoms with Gasteiger partial charge in [-0.15, -0.1) is 0 Å². The second-order valence-electron chi connectivity index (χ2n) is 6.72. The summed E-state index contributed by atoms with van der Waals surface area (Å²) in [6, 6.07) is 26.9. The molecule has 0 aromatic heterocycles. The second-order valence-corrected chi connectivity index (χ2v) is 6.72. The van der Waals surface area contributed by atoms with Crippen molar-refractivity contribution >= 4 is 17.6 Å². The number of carbonyl (C=O) groups excluding carboxylic acids is 2. The Kier molecular flexibility index (Phi) is 4.94.